The van der Waals surface area contributed by atoms with E-state index >= 15 is 0 Å². The first-order valence-electron chi connectivity index (χ1n) is 7.42. The maximum absolute atomic E-state index is 12.3. The van der Waals surface area contributed by atoms with Crippen molar-refractivity contribution in [2.24, 2.45) is 0 Å². The highest BCUT2D eigenvalue weighted by Crippen LogP contribution is 2.25. The van der Waals surface area contributed by atoms with Crippen molar-refractivity contribution in [2.75, 3.05) is 26.8 Å². The van der Waals surface area contributed by atoms with Gasteiger partial charge in [0.15, 0.2) is 11.5 Å². The number of hydrogen-bond donors (Lipinski definition) is 1. The van der Waals surface area contributed by atoms with E-state index in [1.54, 1.807) is 7.11 Å². The third-order valence-electron chi connectivity index (χ3n) is 4.00. The van der Waals surface area contributed by atoms with Crippen molar-refractivity contribution in [3.63, 3.8) is 0 Å². The first-order valence-corrected chi connectivity index (χ1v) is 7.42. The molecule has 1 amide bonds. The molecule has 0 saturated carbocycles. The van der Waals surface area contributed by atoms with Crippen LogP contribution < -0.4 is 14.8 Å². The van der Waals surface area contributed by atoms with E-state index in [4.69, 9.17) is 9.47 Å². The van der Waals surface area contributed by atoms with E-state index in [0.717, 1.165) is 13.1 Å². The van der Waals surface area contributed by atoms with Crippen LogP contribution in [0.3, 0.4) is 0 Å². The minimum absolute atomic E-state index is 0.144. The lowest BCUT2D eigenvalue weighted by Crippen LogP contribution is -2.57. The number of methoxy groups -OCH3 is 1. The molecule has 0 aliphatic carbocycles. The average Bonchev–Trinajstić information content (AvgIpc) is 2.50. The molecule has 0 radical (unpaired) electrons. The molecule has 1 aromatic rings. The van der Waals surface area contributed by atoms with E-state index in [9.17, 15) is 4.79 Å². The van der Waals surface area contributed by atoms with Gasteiger partial charge in [-0.25, -0.2) is 0 Å². The Morgan fingerprint density at radius 2 is 2.05 bits per heavy atom. The molecule has 5 heteroatoms. The van der Waals surface area contributed by atoms with Gasteiger partial charge in [-0.15, -0.1) is 0 Å². The number of carbonyl (C=O) groups excluding carboxylic acids is 1. The predicted molar refractivity (Wildman–Crippen MR) is 81.7 cm³/mol. The summed E-state index contributed by atoms with van der Waals surface area (Å²) in [5.41, 5.74) is 0. The normalized spacial score (nSPS) is 22.0. The van der Waals surface area contributed by atoms with Crippen molar-refractivity contribution in [1.82, 2.24) is 10.2 Å². The molecule has 0 spiro atoms. The average molecular weight is 292 g/mol. The van der Waals surface area contributed by atoms with E-state index in [1.165, 1.54) is 0 Å². The van der Waals surface area contributed by atoms with Crippen LogP contribution in [0.25, 0.3) is 0 Å². The zero-order valence-corrected chi connectivity index (χ0v) is 13.0. The topological polar surface area (TPSA) is 50.8 Å². The summed E-state index contributed by atoms with van der Waals surface area (Å²) in [6.07, 6.45) is 0.384. The maximum Gasteiger partial charge on any atom is 0.226 e. The monoisotopic (exact) mass is 292 g/mol. The number of para-hydroxylation sites is 2. The zero-order valence-electron chi connectivity index (χ0n) is 13.0. The molecule has 21 heavy (non-hydrogen) atoms. The zero-order chi connectivity index (χ0) is 15.2. The van der Waals surface area contributed by atoms with Gasteiger partial charge in [-0.2, -0.15) is 0 Å². The van der Waals surface area contributed by atoms with Crippen LogP contribution in [0.1, 0.15) is 20.3 Å². The third-order valence-corrected chi connectivity index (χ3v) is 4.00. The molecule has 0 aromatic heterocycles. The molecule has 1 fully saturated rings. The summed E-state index contributed by atoms with van der Waals surface area (Å²) in [5, 5.41) is 3.37. The second kappa shape index (κ2) is 7.31. The molecule has 1 aliphatic rings. The Labute approximate surface area is 126 Å². The Hall–Kier alpha value is -1.75. The molecule has 2 rings (SSSR count). The van der Waals surface area contributed by atoms with Crippen molar-refractivity contribution < 1.29 is 14.3 Å². The highest BCUT2D eigenvalue weighted by molar-refractivity contribution is 5.76. The van der Waals surface area contributed by atoms with Gasteiger partial charge in [0, 0.05) is 25.2 Å². The van der Waals surface area contributed by atoms with Gasteiger partial charge < -0.3 is 19.7 Å². The fraction of sp³-hybridized carbons (Fsp3) is 0.562. The second-order valence-electron chi connectivity index (χ2n) is 5.32. The van der Waals surface area contributed by atoms with Crippen molar-refractivity contribution in [2.45, 2.75) is 32.4 Å². The maximum atomic E-state index is 12.3. The molecule has 1 aliphatic heterocycles. The van der Waals surface area contributed by atoms with Gasteiger partial charge in [0.1, 0.15) is 0 Å². The largest absolute Gasteiger partial charge is 0.493 e. The van der Waals surface area contributed by atoms with E-state index < -0.39 is 0 Å². The number of nitrogens with one attached hydrogen (secondary N) is 1. The quantitative estimate of drug-likeness (QED) is 0.897. The van der Waals surface area contributed by atoms with Gasteiger partial charge in [0.2, 0.25) is 5.91 Å². The fourth-order valence-electron chi connectivity index (χ4n) is 2.54. The fourth-order valence-corrected chi connectivity index (χ4v) is 2.54. The predicted octanol–water partition coefficient (Wildman–Crippen LogP) is 1.67. The van der Waals surface area contributed by atoms with Crippen LogP contribution in [0.15, 0.2) is 24.3 Å². The molecular formula is C16H24N2O3. The van der Waals surface area contributed by atoms with E-state index in [1.807, 2.05) is 29.2 Å². The van der Waals surface area contributed by atoms with Crippen LogP contribution in [0.4, 0.5) is 0 Å². The summed E-state index contributed by atoms with van der Waals surface area (Å²) in [6.45, 7) is 6.17. The number of hydrogen-bond acceptors (Lipinski definition) is 4. The number of piperazine rings is 1. The standard InChI is InChI=1S/C16H24N2O3/c1-12-13(2)18(10-9-17-12)16(19)8-11-21-15-7-5-4-6-14(15)20-3/h4-7,12-13,17H,8-11H2,1-3H3. The lowest BCUT2D eigenvalue weighted by atomic mass is 10.1. The van der Waals surface area contributed by atoms with Gasteiger partial charge in [-0.3, -0.25) is 4.79 Å². The number of carbonyl (C=O) groups is 1. The molecule has 1 saturated heterocycles. The SMILES string of the molecule is COc1ccccc1OCCC(=O)N1CCNC(C)C1C. The van der Waals surface area contributed by atoms with Gasteiger partial charge >= 0.3 is 0 Å². The molecule has 116 valence electrons. The summed E-state index contributed by atoms with van der Waals surface area (Å²) in [5.74, 6) is 1.51. The molecule has 1 aromatic carbocycles. The van der Waals surface area contributed by atoms with Gasteiger partial charge in [-0.1, -0.05) is 12.1 Å². The Kier molecular flexibility index (Phi) is 5.44. The highest BCUT2D eigenvalue weighted by Gasteiger charge is 2.27. The minimum atomic E-state index is 0.144. The lowest BCUT2D eigenvalue weighted by molar-refractivity contribution is -0.135. The summed E-state index contributed by atoms with van der Waals surface area (Å²) < 4.78 is 10.9. The van der Waals surface area contributed by atoms with Crippen molar-refractivity contribution in [3.8, 4) is 11.5 Å². The molecular weight excluding hydrogens is 268 g/mol. The molecule has 1 heterocycles. The Morgan fingerprint density at radius 1 is 1.33 bits per heavy atom. The first-order chi connectivity index (χ1) is 10.1. The van der Waals surface area contributed by atoms with Crippen LogP contribution in [0.2, 0.25) is 0 Å². The summed E-state index contributed by atoms with van der Waals surface area (Å²) in [4.78, 5) is 14.2. The van der Waals surface area contributed by atoms with Crippen LogP contribution >= 0.6 is 0 Å². The van der Waals surface area contributed by atoms with E-state index in [0.29, 0.717) is 30.6 Å². The van der Waals surface area contributed by atoms with Crippen LogP contribution in [0, 0.1) is 0 Å². The van der Waals surface area contributed by atoms with E-state index in [2.05, 4.69) is 19.2 Å². The van der Waals surface area contributed by atoms with Crippen molar-refractivity contribution >= 4 is 5.91 Å². The molecule has 1 N–H and O–H groups in total. The van der Waals surface area contributed by atoms with Gasteiger partial charge in [-0.05, 0) is 26.0 Å². The number of rotatable bonds is 5. The second-order valence-corrected chi connectivity index (χ2v) is 5.32. The Balaban J connectivity index is 1.84. The molecule has 2 atom stereocenters. The Bertz CT molecular complexity index is 478. The Morgan fingerprint density at radius 3 is 2.76 bits per heavy atom. The molecule has 5 nitrogen and oxygen atoms in total. The molecule has 0 bridgehead atoms. The van der Waals surface area contributed by atoms with Crippen molar-refractivity contribution in [1.29, 1.82) is 0 Å². The summed E-state index contributed by atoms with van der Waals surface area (Å²) in [7, 11) is 1.61. The summed E-state index contributed by atoms with van der Waals surface area (Å²) in [6, 6.07) is 8.02. The van der Waals surface area contributed by atoms with Crippen LogP contribution in [0.5, 0.6) is 11.5 Å². The van der Waals surface area contributed by atoms with Crippen LogP contribution in [-0.2, 0) is 4.79 Å². The van der Waals surface area contributed by atoms with E-state index in [-0.39, 0.29) is 11.9 Å². The van der Waals surface area contributed by atoms with Crippen molar-refractivity contribution in [3.05, 3.63) is 24.3 Å². The van der Waals surface area contributed by atoms with Crippen LogP contribution in [-0.4, -0.2) is 49.7 Å². The summed E-state index contributed by atoms with van der Waals surface area (Å²) >= 11 is 0. The van der Waals surface area contributed by atoms with Gasteiger partial charge in [0.25, 0.3) is 0 Å². The third kappa shape index (κ3) is 3.88. The number of amides is 1. The minimum Gasteiger partial charge on any atom is -0.493 e. The lowest BCUT2D eigenvalue weighted by Gasteiger charge is -2.38. The smallest absolute Gasteiger partial charge is 0.226 e. The number of ether oxygens (including phenoxy) is 2. The number of benzene rings is 1. The number of nitrogens with zero attached hydrogens (tertiary/aromatic N) is 1. The molecule has 2 unspecified atom stereocenters. The highest BCUT2D eigenvalue weighted by atomic mass is 16.5. The van der Waals surface area contributed by atoms with Gasteiger partial charge in [0.05, 0.1) is 20.1 Å². The first kappa shape index (κ1) is 15.6.